The molecule has 7 heteroatoms. The molecule has 4 rings (SSSR count). The van der Waals surface area contributed by atoms with Crippen LogP contribution in [0.25, 0.3) is 0 Å². The first-order valence-electron chi connectivity index (χ1n) is 11.7. The molecule has 1 heterocycles. The molecule has 33 heavy (non-hydrogen) atoms. The van der Waals surface area contributed by atoms with Gasteiger partial charge in [0.25, 0.3) is 0 Å². The third kappa shape index (κ3) is 5.29. The van der Waals surface area contributed by atoms with Crippen molar-refractivity contribution in [3.8, 4) is 23.0 Å². The zero-order valence-electron chi connectivity index (χ0n) is 19.8. The van der Waals surface area contributed by atoms with Crippen LogP contribution in [0, 0.1) is 0 Å². The standard InChI is InChI=1S/C26H34N2O4S/c1-29-22-11-7-8-12-23(22)32-17-21-20-16-25(31-3)24(30-2)15-18(20)13-14-28(21)26(33)27-19-9-5-4-6-10-19/h7-8,11-12,15-16,19,21H,4-6,9-10,13-14,17H2,1-3H3,(H,27,33). The third-order valence-electron chi connectivity index (χ3n) is 6.66. The Labute approximate surface area is 202 Å². The second-order valence-electron chi connectivity index (χ2n) is 8.61. The van der Waals surface area contributed by atoms with Crippen LogP contribution < -0.4 is 24.3 Å². The van der Waals surface area contributed by atoms with E-state index >= 15 is 0 Å². The lowest BCUT2D eigenvalue weighted by Crippen LogP contribution is -2.50. The van der Waals surface area contributed by atoms with Crippen molar-refractivity contribution in [2.45, 2.75) is 50.6 Å². The SMILES string of the molecule is COc1cc2c(cc1OC)C(COc1ccccc1OC)N(C(=S)NC1CCCCC1)CC2. The number of benzene rings is 2. The number of nitrogens with one attached hydrogen (secondary N) is 1. The normalized spacial score (nSPS) is 18.3. The molecule has 0 aromatic heterocycles. The fourth-order valence-electron chi connectivity index (χ4n) is 4.86. The van der Waals surface area contributed by atoms with Gasteiger partial charge in [-0.1, -0.05) is 31.4 Å². The summed E-state index contributed by atoms with van der Waals surface area (Å²) in [4.78, 5) is 2.27. The monoisotopic (exact) mass is 470 g/mol. The Hall–Kier alpha value is -2.67. The maximum absolute atomic E-state index is 6.30. The fraction of sp³-hybridized carbons (Fsp3) is 0.500. The fourth-order valence-corrected chi connectivity index (χ4v) is 5.25. The lowest BCUT2D eigenvalue weighted by atomic mass is 9.92. The predicted octanol–water partition coefficient (Wildman–Crippen LogP) is 4.90. The summed E-state index contributed by atoms with van der Waals surface area (Å²) in [5.74, 6) is 2.90. The molecule has 1 N–H and O–H groups in total. The lowest BCUT2D eigenvalue weighted by Gasteiger charge is -2.40. The topological polar surface area (TPSA) is 52.2 Å². The number of ether oxygens (including phenoxy) is 4. The van der Waals surface area contributed by atoms with Gasteiger partial charge in [0.1, 0.15) is 6.61 Å². The maximum atomic E-state index is 6.30. The highest BCUT2D eigenvalue weighted by Gasteiger charge is 2.32. The molecule has 0 bridgehead atoms. The lowest BCUT2D eigenvalue weighted by molar-refractivity contribution is 0.181. The van der Waals surface area contributed by atoms with Gasteiger partial charge in [-0.25, -0.2) is 0 Å². The Morgan fingerprint density at radius 2 is 1.61 bits per heavy atom. The summed E-state index contributed by atoms with van der Waals surface area (Å²) in [5.41, 5.74) is 2.39. The van der Waals surface area contributed by atoms with Gasteiger partial charge in [-0.05, 0) is 66.9 Å². The van der Waals surface area contributed by atoms with Crippen LogP contribution in [0.2, 0.25) is 0 Å². The largest absolute Gasteiger partial charge is 0.493 e. The van der Waals surface area contributed by atoms with E-state index in [0.717, 1.165) is 40.9 Å². The number of para-hydroxylation sites is 2. The minimum Gasteiger partial charge on any atom is -0.493 e. The molecule has 1 saturated carbocycles. The molecule has 2 aliphatic rings. The number of rotatable bonds is 7. The second-order valence-corrected chi connectivity index (χ2v) is 9.00. The first-order chi connectivity index (χ1) is 16.1. The molecule has 1 atom stereocenters. The van der Waals surface area contributed by atoms with Gasteiger partial charge in [0.15, 0.2) is 28.1 Å². The molecule has 1 unspecified atom stereocenters. The van der Waals surface area contributed by atoms with Gasteiger partial charge in [0, 0.05) is 12.6 Å². The molecule has 2 aromatic carbocycles. The highest BCUT2D eigenvalue weighted by atomic mass is 32.1. The predicted molar refractivity (Wildman–Crippen MR) is 134 cm³/mol. The van der Waals surface area contributed by atoms with Crippen LogP contribution in [0.5, 0.6) is 23.0 Å². The Morgan fingerprint density at radius 3 is 2.30 bits per heavy atom. The van der Waals surface area contributed by atoms with Gasteiger partial charge < -0.3 is 29.2 Å². The number of fused-ring (bicyclic) bond motifs is 1. The summed E-state index contributed by atoms with van der Waals surface area (Å²) in [5, 5.41) is 4.44. The highest BCUT2D eigenvalue weighted by Crippen LogP contribution is 2.39. The molecular formula is C26H34N2O4S. The average molecular weight is 471 g/mol. The minimum absolute atomic E-state index is 0.0536. The first-order valence-corrected chi connectivity index (χ1v) is 12.1. The van der Waals surface area contributed by atoms with E-state index in [1.807, 2.05) is 24.3 Å². The molecule has 0 saturated heterocycles. The Bertz CT molecular complexity index is 961. The van der Waals surface area contributed by atoms with Crippen molar-refractivity contribution in [3.05, 3.63) is 47.5 Å². The van der Waals surface area contributed by atoms with E-state index in [1.54, 1.807) is 21.3 Å². The second kappa shape index (κ2) is 11.0. The van der Waals surface area contributed by atoms with E-state index in [9.17, 15) is 0 Å². The first kappa shape index (κ1) is 23.5. The summed E-state index contributed by atoms with van der Waals surface area (Å²) < 4.78 is 22.9. The van der Waals surface area contributed by atoms with Crippen LogP contribution in [0.1, 0.15) is 49.3 Å². The number of methoxy groups -OCH3 is 3. The Balaban J connectivity index is 1.62. The van der Waals surface area contributed by atoms with Gasteiger partial charge >= 0.3 is 0 Å². The summed E-state index contributed by atoms with van der Waals surface area (Å²) >= 11 is 5.93. The van der Waals surface area contributed by atoms with Crippen LogP contribution >= 0.6 is 12.2 Å². The van der Waals surface area contributed by atoms with Gasteiger partial charge in [-0.15, -0.1) is 0 Å². The van der Waals surface area contributed by atoms with Gasteiger partial charge in [0.2, 0.25) is 0 Å². The van der Waals surface area contributed by atoms with Crippen LogP contribution in [0.4, 0.5) is 0 Å². The van der Waals surface area contributed by atoms with Crippen LogP contribution in [0.15, 0.2) is 36.4 Å². The van der Waals surface area contributed by atoms with Gasteiger partial charge in [-0.3, -0.25) is 0 Å². The quantitative estimate of drug-likeness (QED) is 0.578. The zero-order valence-corrected chi connectivity index (χ0v) is 20.6. The van der Waals surface area contributed by atoms with Crippen molar-refractivity contribution in [3.63, 3.8) is 0 Å². The van der Waals surface area contributed by atoms with E-state index in [1.165, 1.54) is 37.7 Å². The molecule has 0 spiro atoms. The van der Waals surface area contributed by atoms with E-state index < -0.39 is 0 Å². The molecule has 0 radical (unpaired) electrons. The molecule has 2 aromatic rings. The summed E-state index contributed by atoms with van der Waals surface area (Å²) in [7, 11) is 5.00. The van der Waals surface area contributed by atoms with E-state index in [-0.39, 0.29) is 6.04 Å². The van der Waals surface area contributed by atoms with Crippen molar-refractivity contribution in [1.82, 2.24) is 10.2 Å². The number of nitrogens with zero attached hydrogens (tertiary/aromatic N) is 1. The molecule has 0 amide bonds. The summed E-state index contributed by atoms with van der Waals surface area (Å²) in [6.45, 7) is 1.26. The molecule has 1 fully saturated rings. The zero-order chi connectivity index (χ0) is 23.2. The third-order valence-corrected chi connectivity index (χ3v) is 7.01. The minimum atomic E-state index is -0.0536. The van der Waals surface area contributed by atoms with Crippen LogP contribution in [-0.2, 0) is 6.42 Å². The molecular weight excluding hydrogens is 436 g/mol. The Morgan fingerprint density at radius 1 is 0.939 bits per heavy atom. The van der Waals surface area contributed by atoms with Crippen molar-refractivity contribution in [2.75, 3.05) is 34.5 Å². The van der Waals surface area contributed by atoms with E-state index in [4.69, 9.17) is 31.2 Å². The molecule has 1 aliphatic heterocycles. The number of hydrogen-bond acceptors (Lipinski definition) is 5. The van der Waals surface area contributed by atoms with Crippen molar-refractivity contribution < 1.29 is 18.9 Å². The summed E-state index contributed by atoms with van der Waals surface area (Å²) in [6, 6.07) is 12.3. The molecule has 178 valence electrons. The Kier molecular flexibility index (Phi) is 7.81. The number of thiocarbonyl (C=S) groups is 1. The van der Waals surface area contributed by atoms with Crippen molar-refractivity contribution in [2.24, 2.45) is 0 Å². The maximum Gasteiger partial charge on any atom is 0.169 e. The van der Waals surface area contributed by atoms with Gasteiger partial charge in [0.05, 0.1) is 27.4 Å². The van der Waals surface area contributed by atoms with Crippen molar-refractivity contribution in [1.29, 1.82) is 0 Å². The smallest absolute Gasteiger partial charge is 0.169 e. The number of hydrogen-bond donors (Lipinski definition) is 1. The van der Waals surface area contributed by atoms with Crippen LogP contribution in [0.3, 0.4) is 0 Å². The highest BCUT2D eigenvalue weighted by molar-refractivity contribution is 7.80. The summed E-state index contributed by atoms with van der Waals surface area (Å²) in [6.07, 6.45) is 7.09. The van der Waals surface area contributed by atoms with E-state index in [0.29, 0.717) is 18.4 Å². The van der Waals surface area contributed by atoms with Gasteiger partial charge in [-0.2, -0.15) is 0 Å². The molecule has 1 aliphatic carbocycles. The van der Waals surface area contributed by atoms with E-state index in [2.05, 4.69) is 22.3 Å². The van der Waals surface area contributed by atoms with Crippen molar-refractivity contribution >= 4 is 17.3 Å². The average Bonchev–Trinajstić information content (AvgIpc) is 2.86. The van der Waals surface area contributed by atoms with Crippen LogP contribution in [-0.4, -0.2) is 50.5 Å². The molecule has 6 nitrogen and oxygen atoms in total.